The highest BCUT2D eigenvalue weighted by Gasteiger charge is 2.34. The summed E-state index contributed by atoms with van der Waals surface area (Å²) in [4.78, 5) is 18.9. The van der Waals surface area contributed by atoms with Crippen molar-refractivity contribution >= 4 is 35.0 Å². The van der Waals surface area contributed by atoms with Crippen LogP contribution < -0.4 is 9.64 Å². The summed E-state index contributed by atoms with van der Waals surface area (Å²) in [7, 11) is 0. The zero-order valence-corrected chi connectivity index (χ0v) is 17.8. The van der Waals surface area contributed by atoms with Crippen molar-refractivity contribution in [2.75, 3.05) is 10.7 Å². The first-order chi connectivity index (χ1) is 14.0. The number of nitrogens with zero attached hydrogens (tertiary/aromatic N) is 4. The van der Waals surface area contributed by atoms with Crippen molar-refractivity contribution in [2.45, 2.75) is 32.2 Å². The number of ether oxygens (including phenoxy) is 1. The van der Waals surface area contributed by atoms with E-state index in [1.807, 2.05) is 44.2 Å². The van der Waals surface area contributed by atoms with Crippen LogP contribution in [0.15, 0.2) is 47.6 Å². The topological polar surface area (TPSA) is 68.2 Å². The summed E-state index contributed by atoms with van der Waals surface area (Å²) in [6.45, 7) is 5.52. The third kappa shape index (κ3) is 3.80. The Morgan fingerprint density at radius 3 is 2.79 bits per heavy atom. The summed E-state index contributed by atoms with van der Waals surface area (Å²) < 4.78 is 6.30. The third-order valence-corrected chi connectivity index (χ3v) is 5.46. The number of carbonyl (C=O) groups is 1. The minimum absolute atomic E-state index is 0.163. The molecule has 0 aliphatic carbocycles. The number of fused-ring (bicyclic) bond motifs is 3. The van der Waals surface area contributed by atoms with Gasteiger partial charge in [0.2, 0.25) is 23.2 Å². The largest absolute Gasteiger partial charge is 0.447 e. The van der Waals surface area contributed by atoms with Crippen LogP contribution in [-0.4, -0.2) is 26.8 Å². The second kappa shape index (κ2) is 8.00. The number of anilines is 1. The zero-order chi connectivity index (χ0) is 20.5. The number of aromatic nitrogens is 3. The van der Waals surface area contributed by atoms with Crippen LogP contribution in [0.5, 0.6) is 5.88 Å². The standard InChI is InChI=1S/C21H19ClN4O2S/c1-4-29-21-23-19-18(24-25-21)16-10-12(2)8-9-17(16)26(13(3)27)20(28-19)14-6-5-7-15(22)11-14/h5-11,20H,4H2,1-3H3/t20-/m0/s1. The van der Waals surface area contributed by atoms with Crippen molar-refractivity contribution in [2.24, 2.45) is 0 Å². The number of benzene rings is 2. The maximum atomic E-state index is 12.7. The molecule has 6 nitrogen and oxygen atoms in total. The molecule has 0 N–H and O–H groups in total. The molecule has 0 radical (unpaired) electrons. The molecule has 148 valence electrons. The smallest absolute Gasteiger partial charge is 0.247 e. The molecule has 0 unspecified atom stereocenters. The molecule has 8 heteroatoms. The Labute approximate surface area is 178 Å². The Hall–Kier alpha value is -2.64. The van der Waals surface area contributed by atoms with E-state index < -0.39 is 6.23 Å². The van der Waals surface area contributed by atoms with Gasteiger partial charge in [-0.15, -0.1) is 10.2 Å². The summed E-state index contributed by atoms with van der Waals surface area (Å²) in [5.74, 6) is 0.994. The highest BCUT2D eigenvalue weighted by molar-refractivity contribution is 7.99. The molecule has 1 amide bonds. The highest BCUT2D eigenvalue weighted by atomic mass is 35.5. The average molecular weight is 427 g/mol. The van der Waals surface area contributed by atoms with Gasteiger partial charge in [0.15, 0.2) is 5.69 Å². The van der Waals surface area contributed by atoms with Crippen LogP contribution in [0.4, 0.5) is 5.69 Å². The van der Waals surface area contributed by atoms with E-state index >= 15 is 0 Å². The predicted octanol–water partition coefficient (Wildman–Crippen LogP) is 5.06. The summed E-state index contributed by atoms with van der Waals surface area (Å²) in [6.07, 6.45) is -0.731. The zero-order valence-electron chi connectivity index (χ0n) is 16.2. The van der Waals surface area contributed by atoms with Gasteiger partial charge in [-0.2, -0.15) is 4.98 Å². The van der Waals surface area contributed by atoms with E-state index in [-0.39, 0.29) is 5.91 Å². The first kappa shape index (κ1) is 19.7. The molecule has 0 saturated carbocycles. The second-order valence-electron chi connectivity index (χ2n) is 6.62. The summed E-state index contributed by atoms with van der Waals surface area (Å²) in [5.41, 5.74) is 3.75. The van der Waals surface area contributed by atoms with Gasteiger partial charge in [-0.05, 0) is 36.9 Å². The molecule has 1 aliphatic heterocycles. The lowest BCUT2D eigenvalue weighted by atomic mass is 10.0. The van der Waals surface area contributed by atoms with Gasteiger partial charge in [-0.1, -0.05) is 54.0 Å². The van der Waals surface area contributed by atoms with Crippen LogP contribution in [-0.2, 0) is 4.79 Å². The predicted molar refractivity (Wildman–Crippen MR) is 114 cm³/mol. The quantitative estimate of drug-likeness (QED) is 0.545. The van der Waals surface area contributed by atoms with Gasteiger partial charge in [-0.25, -0.2) is 0 Å². The van der Waals surface area contributed by atoms with Crippen LogP contribution in [0.25, 0.3) is 11.3 Å². The Morgan fingerprint density at radius 1 is 1.24 bits per heavy atom. The third-order valence-electron chi connectivity index (χ3n) is 4.51. The van der Waals surface area contributed by atoms with Crippen LogP contribution in [0.1, 0.15) is 31.2 Å². The number of aryl methyl sites for hydroxylation is 1. The Bertz CT molecular complexity index is 1090. The van der Waals surface area contributed by atoms with E-state index in [1.165, 1.54) is 18.7 Å². The van der Waals surface area contributed by atoms with E-state index in [0.29, 0.717) is 27.4 Å². The number of halogens is 1. The molecule has 1 atom stereocenters. The van der Waals surface area contributed by atoms with E-state index in [1.54, 1.807) is 17.0 Å². The number of amides is 1. The van der Waals surface area contributed by atoms with Crippen molar-refractivity contribution in [3.63, 3.8) is 0 Å². The van der Waals surface area contributed by atoms with Gasteiger partial charge in [-0.3, -0.25) is 9.69 Å². The normalized spacial score (nSPS) is 15.2. The molecular weight excluding hydrogens is 408 g/mol. The Kier molecular flexibility index (Phi) is 5.43. The minimum atomic E-state index is -0.731. The molecule has 29 heavy (non-hydrogen) atoms. The van der Waals surface area contributed by atoms with E-state index in [9.17, 15) is 4.79 Å². The lowest BCUT2D eigenvalue weighted by Crippen LogP contribution is -2.36. The molecule has 0 saturated heterocycles. The fourth-order valence-corrected chi connectivity index (χ4v) is 3.99. The number of hydrogen-bond donors (Lipinski definition) is 0. The molecule has 2 aromatic carbocycles. The van der Waals surface area contributed by atoms with Crippen molar-refractivity contribution in [3.8, 4) is 17.1 Å². The van der Waals surface area contributed by atoms with Gasteiger partial charge in [0.25, 0.3) is 0 Å². The number of hydrogen-bond acceptors (Lipinski definition) is 6. The van der Waals surface area contributed by atoms with Gasteiger partial charge >= 0.3 is 0 Å². The molecule has 1 aromatic heterocycles. The van der Waals surface area contributed by atoms with Crippen molar-refractivity contribution in [1.82, 2.24) is 15.2 Å². The Balaban J connectivity index is 1.97. The SMILES string of the molecule is CCSc1nnc2c(n1)O[C@@H](c1cccc(Cl)c1)N(C(C)=O)c1ccc(C)cc1-2. The molecule has 0 spiro atoms. The molecular formula is C21H19ClN4O2S. The summed E-state index contributed by atoms with van der Waals surface area (Å²) in [6, 6.07) is 13.1. The first-order valence-corrected chi connectivity index (χ1v) is 10.5. The van der Waals surface area contributed by atoms with Gasteiger partial charge in [0, 0.05) is 23.1 Å². The van der Waals surface area contributed by atoms with E-state index in [2.05, 4.69) is 15.2 Å². The van der Waals surface area contributed by atoms with E-state index in [0.717, 1.165) is 22.4 Å². The van der Waals surface area contributed by atoms with Gasteiger partial charge < -0.3 is 4.74 Å². The van der Waals surface area contributed by atoms with Crippen molar-refractivity contribution in [3.05, 3.63) is 58.6 Å². The molecule has 2 heterocycles. The molecule has 0 bridgehead atoms. The molecule has 0 fully saturated rings. The average Bonchev–Trinajstić information content (AvgIpc) is 2.82. The Morgan fingerprint density at radius 2 is 2.07 bits per heavy atom. The number of thioether (sulfide) groups is 1. The van der Waals surface area contributed by atoms with Crippen LogP contribution in [0, 0.1) is 6.92 Å². The lowest BCUT2D eigenvalue weighted by molar-refractivity contribution is -0.118. The first-order valence-electron chi connectivity index (χ1n) is 9.18. The van der Waals surface area contributed by atoms with Crippen molar-refractivity contribution in [1.29, 1.82) is 0 Å². The fraction of sp³-hybridized carbons (Fsp3) is 0.238. The highest BCUT2D eigenvalue weighted by Crippen LogP contribution is 2.44. The van der Waals surface area contributed by atoms with Crippen LogP contribution in [0.3, 0.4) is 0 Å². The van der Waals surface area contributed by atoms with Crippen LogP contribution >= 0.6 is 23.4 Å². The molecule has 1 aliphatic rings. The maximum Gasteiger partial charge on any atom is 0.247 e. The van der Waals surface area contributed by atoms with Gasteiger partial charge in [0.1, 0.15) is 0 Å². The number of carbonyl (C=O) groups excluding carboxylic acids is 1. The second-order valence-corrected chi connectivity index (χ2v) is 8.28. The maximum absolute atomic E-state index is 12.7. The monoisotopic (exact) mass is 426 g/mol. The summed E-state index contributed by atoms with van der Waals surface area (Å²) in [5, 5.41) is 9.72. The number of rotatable bonds is 3. The molecule has 4 rings (SSSR count). The van der Waals surface area contributed by atoms with Crippen molar-refractivity contribution < 1.29 is 9.53 Å². The summed E-state index contributed by atoms with van der Waals surface area (Å²) >= 11 is 7.70. The molecule has 3 aromatic rings. The lowest BCUT2D eigenvalue weighted by Gasteiger charge is -2.30. The fourth-order valence-electron chi connectivity index (χ4n) is 3.29. The van der Waals surface area contributed by atoms with Crippen LogP contribution in [0.2, 0.25) is 5.02 Å². The van der Waals surface area contributed by atoms with E-state index in [4.69, 9.17) is 16.3 Å². The van der Waals surface area contributed by atoms with Gasteiger partial charge in [0.05, 0.1) is 5.69 Å². The minimum Gasteiger partial charge on any atom is -0.447 e.